The summed E-state index contributed by atoms with van der Waals surface area (Å²) >= 11 is 0. The summed E-state index contributed by atoms with van der Waals surface area (Å²) < 4.78 is 5.07. The van der Waals surface area contributed by atoms with Crippen LogP contribution in [0.2, 0.25) is 0 Å². The molecule has 0 saturated heterocycles. The number of benzene rings is 1. The Balaban J connectivity index is 2.40. The summed E-state index contributed by atoms with van der Waals surface area (Å²) in [7, 11) is 0. The van der Waals surface area contributed by atoms with E-state index >= 15 is 0 Å². The molecule has 0 saturated carbocycles. The molecule has 1 aliphatic rings. The lowest BCUT2D eigenvalue weighted by Gasteiger charge is -2.14. The normalized spacial score (nSPS) is 20.1. The van der Waals surface area contributed by atoms with E-state index in [1.165, 1.54) is 0 Å². The molecule has 0 N–H and O–H groups in total. The van der Waals surface area contributed by atoms with Crippen LogP contribution in [-0.2, 0) is 4.74 Å². The van der Waals surface area contributed by atoms with E-state index in [9.17, 15) is 14.9 Å². The van der Waals surface area contributed by atoms with Gasteiger partial charge >= 0.3 is 5.97 Å². The first-order chi connectivity index (χ1) is 7.65. The molecule has 5 nitrogen and oxygen atoms in total. The van der Waals surface area contributed by atoms with Gasteiger partial charge in [-0.2, -0.15) is 0 Å². The lowest BCUT2D eigenvalue weighted by atomic mass is 9.99. The van der Waals surface area contributed by atoms with Crippen LogP contribution in [0.1, 0.15) is 35.4 Å². The summed E-state index contributed by atoms with van der Waals surface area (Å²) in [6.45, 7) is 1.71. The molecule has 0 fully saturated rings. The zero-order chi connectivity index (χ0) is 11.7. The van der Waals surface area contributed by atoms with E-state index < -0.39 is 18.1 Å². The Labute approximate surface area is 92.2 Å². The summed E-state index contributed by atoms with van der Waals surface area (Å²) in [5.41, 5.74) is 1.06. The zero-order valence-corrected chi connectivity index (χ0v) is 8.75. The summed E-state index contributed by atoms with van der Waals surface area (Å²) in [6, 6.07) is 5.94. The highest BCUT2D eigenvalue weighted by Gasteiger charge is 2.41. The van der Waals surface area contributed by atoms with Gasteiger partial charge in [-0.25, -0.2) is 4.79 Å². The van der Waals surface area contributed by atoms with Crippen molar-refractivity contribution in [1.82, 2.24) is 0 Å². The van der Waals surface area contributed by atoms with E-state index in [0.717, 1.165) is 0 Å². The predicted molar refractivity (Wildman–Crippen MR) is 55.7 cm³/mol. The molecular formula is C11H11NO4. The second-order valence-electron chi connectivity index (χ2n) is 3.67. The van der Waals surface area contributed by atoms with Crippen LogP contribution >= 0.6 is 0 Å². The Morgan fingerprint density at radius 3 is 2.81 bits per heavy atom. The highest BCUT2D eigenvalue weighted by atomic mass is 16.6. The quantitative estimate of drug-likeness (QED) is 0.444. The van der Waals surface area contributed by atoms with E-state index in [2.05, 4.69) is 0 Å². The van der Waals surface area contributed by atoms with Crippen molar-refractivity contribution < 1.29 is 14.5 Å². The average Bonchev–Trinajstić information content (AvgIpc) is 2.58. The Hall–Kier alpha value is -1.91. The third kappa shape index (κ3) is 1.54. The molecule has 0 aliphatic carbocycles. The molecule has 1 heterocycles. The van der Waals surface area contributed by atoms with Crippen molar-refractivity contribution in [3.8, 4) is 0 Å². The minimum atomic E-state index is -0.868. The maximum absolute atomic E-state index is 11.5. The SMILES string of the molecule is CCC(C1OC(=O)c2ccccc21)[N+](=O)[O-]. The van der Waals surface area contributed by atoms with Crippen molar-refractivity contribution in [2.45, 2.75) is 25.5 Å². The van der Waals surface area contributed by atoms with E-state index in [1.54, 1.807) is 31.2 Å². The number of nitro groups is 1. The second kappa shape index (κ2) is 3.92. The van der Waals surface area contributed by atoms with Gasteiger partial charge in [0.05, 0.1) is 5.56 Å². The molecule has 84 valence electrons. The number of fused-ring (bicyclic) bond motifs is 1. The van der Waals surface area contributed by atoms with Crippen molar-refractivity contribution in [1.29, 1.82) is 0 Å². The Morgan fingerprint density at radius 2 is 2.19 bits per heavy atom. The van der Waals surface area contributed by atoms with Crippen LogP contribution in [0.25, 0.3) is 0 Å². The van der Waals surface area contributed by atoms with Crippen LogP contribution in [0.3, 0.4) is 0 Å². The summed E-state index contributed by atoms with van der Waals surface area (Å²) in [6.07, 6.45) is -0.414. The van der Waals surface area contributed by atoms with Gasteiger partial charge in [0, 0.05) is 16.9 Å². The topological polar surface area (TPSA) is 69.4 Å². The van der Waals surface area contributed by atoms with Gasteiger partial charge in [-0.3, -0.25) is 10.1 Å². The maximum Gasteiger partial charge on any atom is 0.339 e. The molecule has 1 aromatic carbocycles. The van der Waals surface area contributed by atoms with E-state index in [4.69, 9.17) is 4.74 Å². The molecule has 16 heavy (non-hydrogen) atoms. The third-order valence-corrected chi connectivity index (χ3v) is 2.76. The Bertz CT molecular complexity index is 443. The second-order valence-corrected chi connectivity index (χ2v) is 3.67. The fourth-order valence-corrected chi connectivity index (χ4v) is 1.93. The molecule has 0 spiro atoms. The summed E-state index contributed by atoms with van der Waals surface area (Å²) in [5.74, 6) is -0.471. The van der Waals surface area contributed by atoms with Crippen LogP contribution in [0.15, 0.2) is 24.3 Å². The van der Waals surface area contributed by atoms with Crippen LogP contribution in [0.5, 0.6) is 0 Å². The van der Waals surface area contributed by atoms with Gasteiger partial charge in [0.25, 0.3) is 6.04 Å². The van der Waals surface area contributed by atoms with Crippen molar-refractivity contribution in [2.24, 2.45) is 0 Å². The largest absolute Gasteiger partial charge is 0.446 e. The van der Waals surface area contributed by atoms with E-state index in [1.807, 2.05) is 0 Å². The third-order valence-electron chi connectivity index (χ3n) is 2.76. The smallest absolute Gasteiger partial charge is 0.339 e. The van der Waals surface area contributed by atoms with Crippen molar-refractivity contribution in [3.63, 3.8) is 0 Å². The standard InChI is InChI=1S/C11H11NO4/c1-2-9(12(14)15)10-7-5-3-4-6-8(7)11(13)16-10/h3-6,9-10H,2H2,1H3. The Kier molecular flexibility index (Phi) is 2.60. The molecule has 0 aromatic heterocycles. The minimum absolute atomic E-state index is 0.333. The highest BCUT2D eigenvalue weighted by Crippen LogP contribution is 2.34. The maximum atomic E-state index is 11.5. The number of ether oxygens (including phenoxy) is 1. The van der Waals surface area contributed by atoms with E-state index in [0.29, 0.717) is 17.5 Å². The van der Waals surface area contributed by atoms with Crippen LogP contribution in [-0.4, -0.2) is 16.9 Å². The first-order valence-electron chi connectivity index (χ1n) is 5.08. The van der Waals surface area contributed by atoms with Crippen molar-refractivity contribution >= 4 is 5.97 Å². The van der Waals surface area contributed by atoms with Crippen LogP contribution < -0.4 is 0 Å². The fraction of sp³-hybridized carbons (Fsp3) is 0.364. The average molecular weight is 221 g/mol. The summed E-state index contributed by atoms with van der Waals surface area (Å²) in [4.78, 5) is 21.9. The molecule has 2 unspecified atom stereocenters. The van der Waals surface area contributed by atoms with Crippen molar-refractivity contribution in [3.05, 3.63) is 45.5 Å². The van der Waals surface area contributed by atoms with E-state index in [-0.39, 0.29) is 4.92 Å². The lowest BCUT2D eigenvalue weighted by molar-refractivity contribution is -0.535. The number of esters is 1. The molecule has 2 rings (SSSR count). The number of hydrogen-bond donors (Lipinski definition) is 0. The Morgan fingerprint density at radius 1 is 1.50 bits per heavy atom. The zero-order valence-electron chi connectivity index (χ0n) is 8.75. The van der Waals surface area contributed by atoms with Crippen LogP contribution in [0.4, 0.5) is 0 Å². The first kappa shape index (κ1) is 10.6. The van der Waals surface area contributed by atoms with Gasteiger partial charge in [0.2, 0.25) is 0 Å². The van der Waals surface area contributed by atoms with Gasteiger partial charge in [-0.15, -0.1) is 0 Å². The van der Waals surface area contributed by atoms with Gasteiger partial charge in [-0.05, 0) is 6.07 Å². The molecule has 1 aliphatic heterocycles. The molecule has 0 radical (unpaired) electrons. The number of nitrogens with zero attached hydrogens (tertiary/aromatic N) is 1. The summed E-state index contributed by atoms with van der Waals surface area (Å²) in [5, 5.41) is 10.8. The molecular weight excluding hydrogens is 210 g/mol. The molecule has 2 atom stereocenters. The van der Waals surface area contributed by atoms with Gasteiger partial charge < -0.3 is 4.74 Å². The van der Waals surface area contributed by atoms with Gasteiger partial charge in [-0.1, -0.05) is 25.1 Å². The van der Waals surface area contributed by atoms with Gasteiger partial charge in [0.1, 0.15) is 0 Å². The van der Waals surface area contributed by atoms with Gasteiger partial charge in [0.15, 0.2) is 6.10 Å². The molecule has 1 aromatic rings. The number of hydrogen-bond acceptors (Lipinski definition) is 4. The first-order valence-corrected chi connectivity index (χ1v) is 5.08. The molecule has 5 heteroatoms. The highest BCUT2D eigenvalue weighted by molar-refractivity contribution is 5.94. The number of carbonyl (C=O) groups is 1. The molecule has 0 amide bonds. The predicted octanol–water partition coefficient (Wildman–Crippen LogP) is 1.95. The number of cyclic esters (lactones) is 1. The monoisotopic (exact) mass is 221 g/mol. The van der Waals surface area contributed by atoms with Crippen molar-refractivity contribution in [2.75, 3.05) is 0 Å². The van der Waals surface area contributed by atoms with Crippen LogP contribution in [0, 0.1) is 10.1 Å². The lowest BCUT2D eigenvalue weighted by Crippen LogP contribution is -2.26. The number of rotatable bonds is 3. The minimum Gasteiger partial charge on any atom is -0.446 e. The molecule has 0 bridgehead atoms. The fourth-order valence-electron chi connectivity index (χ4n) is 1.93. The number of carbonyl (C=O) groups excluding carboxylic acids is 1.